The molecule has 1 saturated heterocycles. The molecule has 1 nitrogen and oxygen atoms in total. The van der Waals surface area contributed by atoms with E-state index in [0.717, 1.165) is 31.5 Å². The molecule has 1 heterocycles. The first kappa shape index (κ1) is 13.9. The highest BCUT2D eigenvalue weighted by atomic mass is 19.4. The van der Waals surface area contributed by atoms with Crippen LogP contribution in [0.15, 0.2) is 24.3 Å². The highest BCUT2D eigenvalue weighted by molar-refractivity contribution is 5.29. The molecule has 0 radical (unpaired) electrons. The predicted molar refractivity (Wildman–Crippen MR) is 72.5 cm³/mol. The lowest BCUT2D eigenvalue weighted by molar-refractivity contribution is -0.137. The minimum Gasteiger partial charge on any atom is -0.306 e. The molecule has 0 unspecified atom stereocenters. The molecular weight excluding hydrogens is 263 g/mol. The lowest BCUT2D eigenvalue weighted by atomic mass is 9.71. The summed E-state index contributed by atoms with van der Waals surface area (Å²) in [6.45, 7) is 2.12. The molecule has 0 N–H and O–H groups in total. The van der Waals surface area contributed by atoms with Gasteiger partial charge in [-0.1, -0.05) is 24.6 Å². The van der Waals surface area contributed by atoms with E-state index in [2.05, 4.69) is 11.9 Å². The number of alkyl halides is 3. The van der Waals surface area contributed by atoms with Crippen LogP contribution in [0.2, 0.25) is 0 Å². The van der Waals surface area contributed by atoms with Gasteiger partial charge in [0, 0.05) is 13.1 Å². The number of benzene rings is 1. The van der Waals surface area contributed by atoms with Crippen molar-refractivity contribution in [2.24, 2.45) is 11.8 Å². The third kappa shape index (κ3) is 2.58. The van der Waals surface area contributed by atoms with Crippen molar-refractivity contribution in [1.82, 2.24) is 4.90 Å². The molecule has 0 bridgehead atoms. The van der Waals surface area contributed by atoms with E-state index >= 15 is 0 Å². The number of fused-ring (bicyclic) bond motifs is 1. The van der Waals surface area contributed by atoms with Crippen molar-refractivity contribution in [3.63, 3.8) is 0 Å². The van der Waals surface area contributed by atoms with Crippen LogP contribution in [0.5, 0.6) is 0 Å². The van der Waals surface area contributed by atoms with Crippen molar-refractivity contribution < 1.29 is 13.2 Å². The molecule has 2 aliphatic rings. The first-order chi connectivity index (χ1) is 9.45. The Kier molecular flexibility index (Phi) is 3.53. The van der Waals surface area contributed by atoms with Gasteiger partial charge in [-0.25, -0.2) is 0 Å². The topological polar surface area (TPSA) is 3.24 Å². The van der Waals surface area contributed by atoms with Gasteiger partial charge in [-0.05, 0) is 49.3 Å². The van der Waals surface area contributed by atoms with Crippen LogP contribution in [0.25, 0.3) is 0 Å². The fourth-order valence-corrected chi connectivity index (χ4v) is 4.05. The van der Waals surface area contributed by atoms with E-state index in [1.165, 1.54) is 18.6 Å². The smallest absolute Gasteiger partial charge is 0.306 e. The summed E-state index contributed by atoms with van der Waals surface area (Å²) in [5.74, 6) is 1.48. The van der Waals surface area contributed by atoms with Crippen LogP contribution in [0.3, 0.4) is 0 Å². The van der Waals surface area contributed by atoms with Gasteiger partial charge in [0.15, 0.2) is 0 Å². The van der Waals surface area contributed by atoms with E-state index in [4.69, 9.17) is 0 Å². The molecular formula is C16H20F3N. The number of halogens is 3. The van der Waals surface area contributed by atoms with Crippen molar-refractivity contribution >= 4 is 0 Å². The number of rotatable bonds is 1. The Bertz CT molecular complexity index is 483. The second-order valence-corrected chi connectivity index (χ2v) is 6.31. The molecule has 1 aliphatic heterocycles. The summed E-state index contributed by atoms with van der Waals surface area (Å²) >= 11 is 0. The molecule has 2 fully saturated rings. The SMILES string of the molecule is CN1C[C@H]2CCC[C@H](c3cccc(C(F)(F)F)c3)[C@H]2C1. The summed E-state index contributed by atoms with van der Waals surface area (Å²) in [5.41, 5.74) is 0.369. The number of hydrogen-bond acceptors (Lipinski definition) is 1. The third-order valence-corrected chi connectivity index (χ3v) is 4.92. The van der Waals surface area contributed by atoms with Crippen molar-refractivity contribution in [3.8, 4) is 0 Å². The van der Waals surface area contributed by atoms with Gasteiger partial charge in [-0.15, -0.1) is 0 Å². The van der Waals surface area contributed by atoms with E-state index in [9.17, 15) is 13.2 Å². The highest BCUT2D eigenvalue weighted by Crippen LogP contribution is 2.45. The predicted octanol–water partition coefficient (Wildman–Crippen LogP) is 4.15. The van der Waals surface area contributed by atoms with Crippen molar-refractivity contribution in [2.75, 3.05) is 20.1 Å². The minimum absolute atomic E-state index is 0.293. The summed E-state index contributed by atoms with van der Waals surface area (Å²) in [6.07, 6.45) is -0.854. The maximum atomic E-state index is 12.9. The Morgan fingerprint density at radius 2 is 1.95 bits per heavy atom. The number of nitrogens with zero attached hydrogens (tertiary/aromatic N) is 1. The third-order valence-electron chi connectivity index (χ3n) is 4.92. The minimum atomic E-state index is -4.24. The van der Waals surface area contributed by atoms with Gasteiger partial charge >= 0.3 is 6.18 Å². The lowest BCUT2D eigenvalue weighted by Gasteiger charge is -2.33. The van der Waals surface area contributed by atoms with Crippen molar-refractivity contribution in [3.05, 3.63) is 35.4 Å². The van der Waals surface area contributed by atoms with Gasteiger partial charge < -0.3 is 4.90 Å². The van der Waals surface area contributed by atoms with Gasteiger partial charge in [-0.3, -0.25) is 0 Å². The zero-order valence-electron chi connectivity index (χ0n) is 11.7. The lowest BCUT2D eigenvalue weighted by Crippen LogP contribution is -2.26. The van der Waals surface area contributed by atoms with E-state index in [1.807, 2.05) is 6.07 Å². The average Bonchev–Trinajstić information content (AvgIpc) is 2.77. The molecule has 0 amide bonds. The molecule has 4 heteroatoms. The Balaban J connectivity index is 1.88. The van der Waals surface area contributed by atoms with Crippen LogP contribution >= 0.6 is 0 Å². The van der Waals surface area contributed by atoms with Crippen molar-refractivity contribution in [2.45, 2.75) is 31.4 Å². The monoisotopic (exact) mass is 283 g/mol. The van der Waals surface area contributed by atoms with Crippen LogP contribution in [-0.4, -0.2) is 25.0 Å². The molecule has 0 spiro atoms. The quantitative estimate of drug-likeness (QED) is 0.748. The van der Waals surface area contributed by atoms with Crippen LogP contribution in [0.1, 0.15) is 36.3 Å². The van der Waals surface area contributed by atoms with Gasteiger partial charge in [0.2, 0.25) is 0 Å². The van der Waals surface area contributed by atoms with Gasteiger partial charge in [0.05, 0.1) is 5.56 Å². The van der Waals surface area contributed by atoms with Crippen LogP contribution in [0, 0.1) is 11.8 Å². The Morgan fingerprint density at radius 1 is 1.15 bits per heavy atom. The second kappa shape index (κ2) is 5.06. The summed E-state index contributed by atoms with van der Waals surface area (Å²) in [5, 5.41) is 0. The normalized spacial score (nSPS) is 31.3. The van der Waals surface area contributed by atoms with Gasteiger partial charge in [0.25, 0.3) is 0 Å². The average molecular weight is 283 g/mol. The molecule has 3 rings (SSSR count). The first-order valence-electron chi connectivity index (χ1n) is 7.31. The van der Waals surface area contributed by atoms with Crippen LogP contribution in [0.4, 0.5) is 13.2 Å². The molecule has 1 aromatic carbocycles. The zero-order chi connectivity index (χ0) is 14.3. The summed E-state index contributed by atoms with van der Waals surface area (Å²) < 4.78 is 38.6. The van der Waals surface area contributed by atoms with E-state index < -0.39 is 11.7 Å². The summed E-state index contributed by atoms with van der Waals surface area (Å²) in [6, 6.07) is 5.97. The van der Waals surface area contributed by atoms with E-state index in [1.54, 1.807) is 6.07 Å². The van der Waals surface area contributed by atoms with Gasteiger partial charge in [0.1, 0.15) is 0 Å². The Hall–Kier alpha value is -1.03. The summed E-state index contributed by atoms with van der Waals surface area (Å²) in [4.78, 5) is 2.32. The molecule has 20 heavy (non-hydrogen) atoms. The number of likely N-dealkylation sites (tertiary alicyclic amines) is 1. The Labute approximate surface area is 117 Å². The molecule has 3 atom stereocenters. The first-order valence-corrected chi connectivity index (χ1v) is 7.31. The Morgan fingerprint density at radius 3 is 2.70 bits per heavy atom. The van der Waals surface area contributed by atoms with E-state index in [-0.39, 0.29) is 0 Å². The van der Waals surface area contributed by atoms with Crippen LogP contribution in [-0.2, 0) is 6.18 Å². The van der Waals surface area contributed by atoms with Crippen molar-refractivity contribution in [1.29, 1.82) is 0 Å². The maximum Gasteiger partial charge on any atom is 0.416 e. The highest BCUT2D eigenvalue weighted by Gasteiger charge is 2.40. The molecule has 1 saturated carbocycles. The molecule has 0 aromatic heterocycles. The molecule has 110 valence electrons. The summed E-state index contributed by atoms with van der Waals surface area (Å²) in [7, 11) is 2.11. The second-order valence-electron chi connectivity index (χ2n) is 6.31. The molecule has 1 aromatic rings. The molecule has 1 aliphatic carbocycles. The number of hydrogen-bond donors (Lipinski definition) is 0. The largest absolute Gasteiger partial charge is 0.416 e. The standard InChI is InChI=1S/C16H20F3N/c1-20-9-12-5-3-7-14(15(12)10-20)11-4-2-6-13(8-11)16(17,18)19/h2,4,6,8,12,14-15H,3,5,7,9-10H2,1H3/t12-,14-,15+/m1/s1. The van der Waals surface area contributed by atoms with Gasteiger partial charge in [-0.2, -0.15) is 13.2 Å². The van der Waals surface area contributed by atoms with Crippen LogP contribution < -0.4 is 0 Å². The zero-order valence-corrected chi connectivity index (χ0v) is 11.7. The fourth-order valence-electron chi connectivity index (χ4n) is 4.05. The fraction of sp³-hybridized carbons (Fsp3) is 0.625. The van der Waals surface area contributed by atoms with E-state index in [0.29, 0.717) is 17.8 Å². The maximum absolute atomic E-state index is 12.9.